The van der Waals surface area contributed by atoms with Gasteiger partial charge in [-0.05, 0) is 43.0 Å². The Labute approximate surface area is 163 Å². The maximum absolute atomic E-state index is 12.9. The smallest absolute Gasteiger partial charge is 0.191 e. The Hall–Kier alpha value is -1.19. The van der Waals surface area contributed by atoms with Crippen molar-refractivity contribution in [3.63, 3.8) is 0 Å². The fraction of sp³-hybridized carbons (Fsp3) is 0.353. The van der Waals surface area contributed by atoms with Gasteiger partial charge in [-0.1, -0.05) is 18.2 Å². The summed E-state index contributed by atoms with van der Waals surface area (Å²) in [7, 11) is 0. The molecule has 1 atom stereocenters. The second-order valence-corrected chi connectivity index (χ2v) is 6.37. The molecule has 0 aliphatic heterocycles. The van der Waals surface area contributed by atoms with Crippen LogP contribution in [0.3, 0.4) is 0 Å². The Morgan fingerprint density at radius 2 is 1.96 bits per heavy atom. The number of hydrogen-bond acceptors (Lipinski definition) is 3. The lowest BCUT2D eigenvalue weighted by molar-refractivity contribution is 0.0655. The number of nitrogens with zero attached hydrogens (tertiary/aromatic N) is 1. The van der Waals surface area contributed by atoms with Crippen molar-refractivity contribution in [3.8, 4) is 0 Å². The standard InChI is InChI=1S/C17H22FN3OS.HI/c1-3-19-16(20-11-13-6-8-14(18)9-7-13)21-12-17(2,22)15-5-4-10-23-15;/h4-10,22H,3,11-12H2,1-2H3,(H2,19,20,21);1H. The van der Waals surface area contributed by atoms with Crippen LogP contribution in [0.1, 0.15) is 24.3 Å². The van der Waals surface area contributed by atoms with Crippen molar-refractivity contribution in [1.29, 1.82) is 0 Å². The predicted octanol–water partition coefficient (Wildman–Crippen LogP) is 3.47. The highest BCUT2D eigenvalue weighted by atomic mass is 127. The summed E-state index contributed by atoms with van der Waals surface area (Å²) in [6.45, 7) is 5.26. The van der Waals surface area contributed by atoms with Crippen LogP contribution in [0.5, 0.6) is 0 Å². The van der Waals surface area contributed by atoms with Crippen LogP contribution in [-0.4, -0.2) is 24.2 Å². The Morgan fingerprint density at radius 3 is 2.54 bits per heavy atom. The normalized spacial score (nSPS) is 13.8. The highest BCUT2D eigenvalue weighted by Crippen LogP contribution is 2.24. The lowest BCUT2D eigenvalue weighted by Crippen LogP contribution is -2.44. The van der Waals surface area contributed by atoms with Gasteiger partial charge in [-0.15, -0.1) is 35.3 Å². The van der Waals surface area contributed by atoms with E-state index in [1.54, 1.807) is 19.1 Å². The molecule has 7 heteroatoms. The Balaban J connectivity index is 0.00000288. The van der Waals surface area contributed by atoms with Crippen LogP contribution >= 0.6 is 35.3 Å². The number of benzene rings is 1. The third kappa shape index (κ3) is 6.37. The number of guanidine groups is 1. The predicted molar refractivity (Wildman–Crippen MR) is 109 cm³/mol. The van der Waals surface area contributed by atoms with Gasteiger partial charge in [0.25, 0.3) is 0 Å². The molecule has 0 aliphatic carbocycles. The van der Waals surface area contributed by atoms with Gasteiger partial charge >= 0.3 is 0 Å². The van der Waals surface area contributed by atoms with Gasteiger partial charge in [0.15, 0.2) is 5.96 Å². The average Bonchev–Trinajstić information content (AvgIpc) is 3.07. The molecule has 0 aliphatic rings. The molecule has 4 nitrogen and oxygen atoms in total. The molecular weight excluding hydrogens is 440 g/mol. The first-order valence-corrected chi connectivity index (χ1v) is 8.42. The second-order valence-electron chi connectivity index (χ2n) is 5.43. The molecule has 132 valence electrons. The number of thiophene rings is 1. The van der Waals surface area contributed by atoms with Gasteiger partial charge in [0.2, 0.25) is 0 Å². The van der Waals surface area contributed by atoms with Crippen molar-refractivity contribution >= 4 is 41.3 Å². The first kappa shape index (κ1) is 20.9. The van der Waals surface area contributed by atoms with Crippen molar-refractivity contribution in [2.24, 2.45) is 4.99 Å². The van der Waals surface area contributed by atoms with Crippen LogP contribution in [-0.2, 0) is 12.1 Å². The summed E-state index contributed by atoms with van der Waals surface area (Å²) >= 11 is 1.52. The SMILES string of the molecule is CCNC(=NCc1ccc(F)cc1)NCC(C)(O)c1cccs1.I. The number of rotatable bonds is 6. The molecule has 0 saturated carbocycles. The molecule has 0 bridgehead atoms. The Bertz CT molecular complexity index is 630. The van der Waals surface area contributed by atoms with Crippen LogP contribution < -0.4 is 10.6 Å². The van der Waals surface area contributed by atoms with E-state index in [0.717, 1.165) is 17.0 Å². The molecule has 1 aromatic heterocycles. The lowest BCUT2D eigenvalue weighted by atomic mass is 10.1. The largest absolute Gasteiger partial charge is 0.383 e. The van der Waals surface area contributed by atoms with Crippen molar-refractivity contribution in [1.82, 2.24) is 10.6 Å². The quantitative estimate of drug-likeness (QED) is 0.350. The summed E-state index contributed by atoms with van der Waals surface area (Å²) in [5.41, 5.74) is -0.0335. The van der Waals surface area contributed by atoms with Crippen LogP contribution in [0.15, 0.2) is 46.8 Å². The molecule has 24 heavy (non-hydrogen) atoms. The molecule has 3 N–H and O–H groups in total. The number of aliphatic imine (C=N–C) groups is 1. The molecule has 1 heterocycles. The zero-order valence-electron chi connectivity index (χ0n) is 13.8. The number of aliphatic hydroxyl groups is 1. The molecule has 1 unspecified atom stereocenters. The molecular formula is C17H23FIN3OS. The molecule has 0 spiro atoms. The summed E-state index contributed by atoms with van der Waals surface area (Å²) in [5, 5.41) is 18.8. The zero-order chi connectivity index (χ0) is 16.7. The van der Waals surface area contributed by atoms with Crippen LogP contribution in [0.2, 0.25) is 0 Å². The minimum Gasteiger partial charge on any atom is -0.383 e. The summed E-state index contributed by atoms with van der Waals surface area (Å²) in [5.74, 6) is 0.364. The Morgan fingerprint density at radius 1 is 1.25 bits per heavy atom. The van der Waals surface area contributed by atoms with Crippen molar-refractivity contribution in [3.05, 3.63) is 58.0 Å². The van der Waals surface area contributed by atoms with E-state index in [9.17, 15) is 9.50 Å². The maximum atomic E-state index is 12.9. The molecule has 0 fully saturated rings. The van der Waals surface area contributed by atoms with E-state index in [1.807, 2.05) is 24.4 Å². The van der Waals surface area contributed by atoms with Gasteiger partial charge in [-0.2, -0.15) is 0 Å². The average molecular weight is 463 g/mol. The summed E-state index contributed by atoms with van der Waals surface area (Å²) in [6, 6.07) is 10.1. The van der Waals surface area contributed by atoms with Gasteiger partial charge in [0.05, 0.1) is 13.1 Å². The Kier molecular flexibility index (Phi) is 8.65. The van der Waals surface area contributed by atoms with E-state index in [1.165, 1.54) is 23.5 Å². The van der Waals surface area contributed by atoms with Gasteiger partial charge in [-0.25, -0.2) is 9.38 Å². The van der Waals surface area contributed by atoms with Crippen molar-refractivity contribution < 1.29 is 9.50 Å². The molecule has 0 radical (unpaired) electrons. The van der Waals surface area contributed by atoms with E-state index in [-0.39, 0.29) is 29.8 Å². The zero-order valence-corrected chi connectivity index (χ0v) is 16.9. The van der Waals surface area contributed by atoms with E-state index in [4.69, 9.17) is 0 Å². The number of halogens is 2. The minimum absolute atomic E-state index is 0. The summed E-state index contributed by atoms with van der Waals surface area (Å²) < 4.78 is 12.9. The van der Waals surface area contributed by atoms with Crippen LogP contribution in [0, 0.1) is 5.82 Å². The van der Waals surface area contributed by atoms with Crippen molar-refractivity contribution in [2.45, 2.75) is 26.0 Å². The van der Waals surface area contributed by atoms with E-state index in [0.29, 0.717) is 19.0 Å². The third-order valence-electron chi connectivity index (χ3n) is 3.33. The fourth-order valence-electron chi connectivity index (χ4n) is 2.03. The molecule has 2 rings (SSSR count). The van der Waals surface area contributed by atoms with Crippen molar-refractivity contribution in [2.75, 3.05) is 13.1 Å². The topological polar surface area (TPSA) is 56.7 Å². The maximum Gasteiger partial charge on any atom is 0.191 e. The first-order chi connectivity index (χ1) is 11.0. The van der Waals surface area contributed by atoms with Gasteiger partial charge in [0, 0.05) is 11.4 Å². The van der Waals surface area contributed by atoms with E-state index < -0.39 is 5.60 Å². The number of nitrogens with one attached hydrogen (secondary N) is 2. The number of hydrogen-bond donors (Lipinski definition) is 3. The van der Waals surface area contributed by atoms with E-state index in [2.05, 4.69) is 15.6 Å². The summed E-state index contributed by atoms with van der Waals surface area (Å²) in [6.07, 6.45) is 0. The molecule has 1 aromatic carbocycles. The van der Waals surface area contributed by atoms with Gasteiger partial charge in [0.1, 0.15) is 11.4 Å². The molecule has 0 amide bonds. The molecule has 0 saturated heterocycles. The van der Waals surface area contributed by atoms with Crippen LogP contribution in [0.4, 0.5) is 4.39 Å². The van der Waals surface area contributed by atoms with Gasteiger partial charge in [-0.3, -0.25) is 0 Å². The van der Waals surface area contributed by atoms with Crippen LogP contribution in [0.25, 0.3) is 0 Å². The first-order valence-electron chi connectivity index (χ1n) is 7.54. The monoisotopic (exact) mass is 463 g/mol. The lowest BCUT2D eigenvalue weighted by Gasteiger charge is -2.23. The fourth-order valence-corrected chi connectivity index (χ4v) is 2.82. The highest BCUT2D eigenvalue weighted by Gasteiger charge is 2.24. The van der Waals surface area contributed by atoms with E-state index >= 15 is 0 Å². The highest BCUT2D eigenvalue weighted by molar-refractivity contribution is 14.0. The summed E-state index contributed by atoms with van der Waals surface area (Å²) in [4.78, 5) is 5.36. The third-order valence-corrected chi connectivity index (χ3v) is 4.45. The minimum atomic E-state index is -0.958. The second kappa shape index (κ2) is 9.95. The molecule has 2 aromatic rings. The van der Waals surface area contributed by atoms with Gasteiger partial charge < -0.3 is 15.7 Å².